The molecular formula is C16H21NO5S. The number of carbonyl (C=O) groups is 1. The van der Waals surface area contributed by atoms with E-state index in [1.165, 1.54) is 12.1 Å². The molecule has 0 saturated heterocycles. The first-order valence-corrected chi connectivity index (χ1v) is 9.53. The van der Waals surface area contributed by atoms with Crippen LogP contribution in [0.4, 0.5) is 0 Å². The topological polar surface area (TPSA) is 81.7 Å². The lowest BCUT2D eigenvalue weighted by Gasteiger charge is -2.19. The summed E-state index contributed by atoms with van der Waals surface area (Å²) in [5.41, 5.74) is 0. The molecule has 1 saturated carbocycles. The summed E-state index contributed by atoms with van der Waals surface area (Å²) in [7, 11) is -3.53. The Hall–Kier alpha value is -1.76. The van der Waals surface area contributed by atoms with Gasteiger partial charge in [-0.3, -0.25) is 4.79 Å². The summed E-state index contributed by atoms with van der Waals surface area (Å²) in [6.45, 7) is 2.82. The van der Waals surface area contributed by atoms with Crippen LogP contribution >= 0.6 is 0 Å². The minimum Gasteiger partial charge on any atom is -0.486 e. The Kier molecular flexibility index (Phi) is 4.48. The highest BCUT2D eigenvalue weighted by Crippen LogP contribution is 2.33. The van der Waals surface area contributed by atoms with Crippen LogP contribution in [-0.2, 0) is 14.6 Å². The van der Waals surface area contributed by atoms with Gasteiger partial charge in [0.05, 0.1) is 10.6 Å². The van der Waals surface area contributed by atoms with Crippen molar-refractivity contribution in [2.45, 2.75) is 37.1 Å². The average molecular weight is 339 g/mol. The minimum atomic E-state index is -3.53. The summed E-state index contributed by atoms with van der Waals surface area (Å²) in [5, 5.41) is 2.87. The molecule has 1 fully saturated rings. The van der Waals surface area contributed by atoms with Gasteiger partial charge in [-0.1, -0.05) is 0 Å². The standard InChI is InChI=1S/C16H21NO5S/c1-11(12-2-3-12)17-16(18)6-9-23(19,20)13-4-5-14-15(10-13)22-8-7-21-14/h4-5,10-12H,2-3,6-9H2,1H3,(H,17,18)/t11-/m1/s1. The van der Waals surface area contributed by atoms with Crippen molar-refractivity contribution in [3.05, 3.63) is 18.2 Å². The Bertz CT molecular complexity index is 696. The van der Waals surface area contributed by atoms with E-state index in [1.807, 2.05) is 6.92 Å². The third-order valence-corrected chi connectivity index (χ3v) is 5.90. The van der Waals surface area contributed by atoms with Crippen molar-refractivity contribution in [2.24, 2.45) is 5.92 Å². The van der Waals surface area contributed by atoms with Gasteiger partial charge in [0.1, 0.15) is 13.2 Å². The normalized spacial score (nSPS) is 18.3. The molecule has 2 aliphatic rings. The van der Waals surface area contributed by atoms with Crippen LogP contribution in [0.5, 0.6) is 11.5 Å². The van der Waals surface area contributed by atoms with Crippen molar-refractivity contribution in [1.82, 2.24) is 5.32 Å². The van der Waals surface area contributed by atoms with E-state index in [0.29, 0.717) is 30.6 Å². The van der Waals surface area contributed by atoms with Crippen molar-refractivity contribution < 1.29 is 22.7 Å². The number of sulfone groups is 1. The Balaban J connectivity index is 1.61. The quantitative estimate of drug-likeness (QED) is 0.850. The van der Waals surface area contributed by atoms with E-state index in [2.05, 4.69) is 5.32 Å². The van der Waals surface area contributed by atoms with Crippen molar-refractivity contribution in [2.75, 3.05) is 19.0 Å². The van der Waals surface area contributed by atoms with Crippen LogP contribution in [0.1, 0.15) is 26.2 Å². The van der Waals surface area contributed by atoms with E-state index in [9.17, 15) is 13.2 Å². The van der Waals surface area contributed by atoms with Crippen LogP contribution < -0.4 is 14.8 Å². The highest BCUT2D eigenvalue weighted by atomic mass is 32.2. The first-order chi connectivity index (χ1) is 11.0. The molecule has 0 spiro atoms. The van der Waals surface area contributed by atoms with Gasteiger partial charge < -0.3 is 14.8 Å². The zero-order valence-corrected chi connectivity index (χ0v) is 13.9. The Morgan fingerprint density at radius 2 is 1.96 bits per heavy atom. The van der Waals surface area contributed by atoms with E-state index in [4.69, 9.17) is 9.47 Å². The molecule has 0 aromatic heterocycles. The predicted octanol–water partition coefficient (Wildman–Crippen LogP) is 1.54. The number of ether oxygens (including phenoxy) is 2. The van der Waals surface area contributed by atoms with Gasteiger partial charge >= 0.3 is 0 Å². The molecule has 0 unspecified atom stereocenters. The number of carbonyl (C=O) groups excluding carboxylic acids is 1. The van der Waals surface area contributed by atoms with Gasteiger partial charge in [-0.05, 0) is 37.8 Å². The minimum absolute atomic E-state index is 0.0339. The molecule has 6 nitrogen and oxygen atoms in total. The lowest BCUT2D eigenvalue weighted by molar-refractivity contribution is -0.121. The molecule has 1 N–H and O–H groups in total. The molecule has 0 radical (unpaired) electrons. The molecule has 1 aromatic carbocycles. The third-order valence-electron chi connectivity index (χ3n) is 4.19. The molecule has 1 aliphatic heterocycles. The van der Waals surface area contributed by atoms with Gasteiger partial charge in [0.25, 0.3) is 0 Å². The summed E-state index contributed by atoms with van der Waals surface area (Å²) in [6, 6.07) is 4.68. The molecule has 1 aromatic rings. The summed E-state index contributed by atoms with van der Waals surface area (Å²) in [6.07, 6.45) is 2.24. The van der Waals surface area contributed by atoms with Crippen LogP contribution in [0, 0.1) is 5.92 Å². The monoisotopic (exact) mass is 339 g/mol. The molecule has 0 bridgehead atoms. The second-order valence-electron chi connectivity index (χ2n) is 6.07. The average Bonchev–Trinajstić information content (AvgIpc) is 3.37. The summed E-state index contributed by atoms with van der Waals surface area (Å²) < 4.78 is 35.5. The molecule has 1 atom stereocenters. The Morgan fingerprint density at radius 1 is 1.26 bits per heavy atom. The van der Waals surface area contributed by atoms with Crippen LogP contribution in [0.25, 0.3) is 0 Å². The highest BCUT2D eigenvalue weighted by Gasteiger charge is 2.29. The summed E-state index contributed by atoms with van der Waals surface area (Å²) in [5.74, 6) is 1.10. The van der Waals surface area contributed by atoms with E-state index in [1.54, 1.807) is 6.07 Å². The number of fused-ring (bicyclic) bond motifs is 1. The smallest absolute Gasteiger partial charge is 0.221 e. The third kappa shape index (κ3) is 3.96. The zero-order valence-electron chi connectivity index (χ0n) is 13.1. The lowest BCUT2D eigenvalue weighted by atomic mass is 10.2. The first-order valence-electron chi connectivity index (χ1n) is 7.87. The fourth-order valence-electron chi connectivity index (χ4n) is 2.60. The van der Waals surface area contributed by atoms with Crippen molar-refractivity contribution in [3.8, 4) is 11.5 Å². The maximum atomic E-state index is 12.4. The summed E-state index contributed by atoms with van der Waals surface area (Å²) in [4.78, 5) is 12.0. The number of rotatable bonds is 6. The first kappa shape index (κ1) is 16.1. The van der Waals surface area contributed by atoms with Gasteiger partial charge in [-0.15, -0.1) is 0 Å². The molecule has 7 heteroatoms. The van der Waals surface area contributed by atoms with Crippen LogP contribution in [-0.4, -0.2) is 39.3 Å². The maximum absolute atomic E-state index is 12.4. The maximum Gasteiger partial charge on any atom is 0.221 e. The number of hydrogen-bond donors (Lipinski definition) is 1. The fourth-order valence-corrected chi connectivity index (χ4v) is 3.85. The molecule has 1 aliphatic carbocycles. The second kappa shape index (κ2) is 6.39. The Morgan fingerprint density at radius 3 is 2.65 bits per heavy atom. The summed E-state index contributed by atoms with van der Waals surface area (Å²) >= 11 is 0. The van der Waals surface area contributed by atoms with Crippen molar-refractivity contribution in [1.29, 1.82) is 0 Å². The SMILES string of the molecule is C[C@@H](NC(=O)CCS(=O)(=O)c1ccc2c(c1)OCCO2)C1CC1. The number of nitrogens with one attached hydrogen (secondary N) is 1. The largest absolute Gasteiger partial charge is 0.486 e. The molecular weight excluding hydrogens is 318 g/mol. The molecule has 126 valence electrons. The molecule has 1 heterocycles. The second-order valence-corrected chi connectivity index (χ2v) is 8.18. The van der Waals surface area contributed by atoms with Gasteiger partial charge in [0, 0.05) is 18.5 Å². The van der Waals surface area contributed by atoms with Crippen molar-refractivity contribution >= 4 is 15.7 Å². The van der Waals surface area contributed by atoms with Gasteiger partial charge in [0.2, 0.25) is 5.91 Å². The van der Waals surface area contributed by atoms with Crippen LogP contribution in [0.15, 0.2) is 23.1 Å². The lowest BCUT2D eigenvalue weighted by Crippen LogP contribution is -2.34. The van der Waals surface area contributed by atoms with Gasteiger partial charge in [0.15, 0.2) is 21.3 Å². The van der Waals surface area contributed by atoms with Crippen molar-refractivity contribution in [3.63, 3.8) is 0 Å². The number of amides is 1. The molecule has 3 rings (SSSR count). The zero-order chi connectivity index (χ0) is 16.4. The van der Waals surface area contributed by atoms with Gasteiger partial charge in [-0.25, -0.2) is 8.42 Å². The highest BCUT2D eigenvalue weighted by molar-refractivity contribution is 7.91. The van der Waals surface area contributed by atoms with Crippen LogP contribution in [0.2, 0.25) is 0 Å². The van der Waals surface area contributed by atoms with E-state index < -0.39 is 9.84 Å². The molecule has 1 amide bonds. The number of hydrogen-bond acceptors (Lipinski definition) is 5. The number of benzene rings is 1. The van der Waals surface area contributed by atoms with E-state index in [0.717, 1.165) is 12.8 Å². The molecule has 23 heavy (non-hydrogen) atoms. The van der Waals surface area contributed by atoms with Gasteiger partial charge in [-0.2, -0.15) is 0 Å². The predicted molar refractivity (Wildman–Crippen MR) is 84.4 cm³/mol. The fraction of sp³-hybridized carbons (Fsp3) is 0.562. The Labute approximate surface area is 136 Å². The van der Waals surface area contributed by atoms with Crippen LogP contribution in [0.3, 0.4) is 0 Å². The van der Waals surface area contributed by atoms with E-state index in [-0.39, 0.29) is 29.0 Å². The van der Waals surface area contributed by atoms with E-state index >= 15 is 0 Å².